The Morgan fingerprint density at radius 1 is 1.31 bits per heavy atom. The Labute approximate surface area is 146 Å². The Morgan fingerprint density at radius 3 is 2.58 bits per heavy atom. The van der Waals surface area contributed by atoms with Crippen molar-refractivity contribution in [2.45, 2.75) is 13.1 Å². The maximum absolute atomic E-state index is 12.6. The number of allylic oxidation sites excluding steroid dienone is 1. The van der Waals surface area contributed by atoms with E-state index in [2.05, 4.69) is 15.4 Å². The molecule has 11 heteroatoms. The third-order valence-electron chi connectivity index (χ3n) is 2.93. The number of rotatable bonds is 8. The van der Waals surface area contributed by atoms with Crippen molar-refractivity contribution in [3.05, 3.63) is 46.0 Å². The molecule has 0 heterocycles. The maximum Gasteiger partial charge on any atom is 0.416 e. The van der Waals surface area contributed by atoms with Crippen molar-refractivity contribution in [2.75, 3.05) is 25.0 Å². The zero-order valence-electron chi connectivity index (χ0n) is 13.6. The van der Waals surface area contributed by atoms with Crippen molar-refractivity contribution in [2.24, 2.45) is 0 Å². The van der Waals surface area contributed by atoms with Crippen LogP contribution in [0.1, 0.15) is 12.5 Å². The van der Waals surface area contributed by atoms with E-state index in [4.69, 9.17) is 0 Å². The van der Waals surface area contributed by atoms with Gasteiger partial charge in [-0.15, -0.1) is 0 Å². The van der Waals surface area contributed by atoms with Crippen LogP contribution in [0.25, 0.3) is 0 Å². The van der Waals surface area contributed by atoms with Crippen LogP contribution in [-0.4, -0.2) is 36.5 Å². The Balaban J connectivity index is 2.54. The topological polar surface area (TPSA) is 111 Å². The van der Waals surface area contributed by atoms with E-state index in [0.29, 0.717) is 12.1 Å². The minimum atomic E-state index is -4.69. The SMILES string of the molecule is C/C=C/C(=O)OCC(=O)NCCNc1ccc(C(F)(F)F)cc1[N+](=O)[O-]. The number of nitro benzene ring substituents is 1. The number of hydrogen-bond donors (Lipinski definition) is 2. The molecule has 0 aliphatic rings. The smallest absolute Gasteiger partial charge is 0.416 e. The van der Waals surface area contributed by atoms with Gasteiger partial charge < -0.3 is 15.4 Å². The van der Waals surface area contributed by atoms with Gasteiger partial charge in [0, 0.05) is 25.2 Å². The number of esters is 1. The first-order chi connectivity index (χ1) is 12.1. The van der Waals surface area contributed by atoms with E-state index in [0.717, 1.165) is 12.1 Å². The van der Waals surface area contributed by atoms with Gasteiger partial charge in [-0.3, -0.25) is 14.9 Å². The number of benzene rings is 1. The molecule has 8 nitrogen and oxygen atoms in total. The van der Waals surface area contributed by atoms with E-state index >= 15 is 0 Å². The van der Waals surface area contributed by atoms with Gasteiger partial charge in [-0.2, -0.15) is 13.2 Å². The monoisotopic (exact) mass is 375 g/mol. The fourth-order valence-electron chi connectivity index (χ4n) is 1.78. The average Bonchev–Trinajstić information content (AvgIpc) is 2.56. The average molecular weight is 375 g/mol. The summed E-state index contributed by atoms with van der Waals surface area (Å²) in [6.07, 6.45) is -2.11. The normalized spacial score (nSPS) is 11.2. The second-order valence-corrected chi connectivity index (χ2v) is 4.87. The second-order valence-electron chi connectivity index (χ2n) is 4.87. The molecule has 26 heavy (non-hydrogen) atoms. The van der Waals surface area contributed by atoms with Gasteiger partial charge in [0.15, 0.2) is 6.61 Å². The molecule has 142 valence electrons. The molecule has 1 aromatic carbocycles. The predicted molar refractivity (Wildman–Crippen MR) is 85.4 cm³/mol. The highest BCUT2D eigenvalue weighted by atomic mass is 19.4. The molecule has 0 spiro atoms. The fourth-order valence-corrected chi connectivity index (χ4v) is 1.78. The number of anilines is 1. The minimum absolute atomic E-state index is 0.0121. The number of alkyl halides is 3. The van der Waals surface area contributed by atoms with Gasteiger partial charge in [0.05, 0.1) is 10.5 Å². The summed E-state index contributed by atoms with van der Waals surface area (Å²) in [5.74, 6) is -1.27. The number of nitro groups is 1. The maximum atomic E-state index is 12.6. The molecule has 0 aliphatic carbocycles. The Hall–Kier alpha value is -3.11. The summed E-state index contributed by atoms with van der Waals surface area (Å²) >= 11 is 0. The van der Waals surface area contributed by atoms with Crippen LogP contribution in [0.4, 0.5) is 24.5 Å². The van der Waals surface area contributed by atoms with E-state index < -0.39 is 40.8 Å². The second kappa shape index (κ2) is 9.39. The molecule has 0 saturated carbocycles. The van der Waals surface area contributed by atoms with Crippen LogP contribution in [-0.2, 0) is 20.5 Å². The highest BCUT2D eigenvalue weighted by molar-refractivity contribution is 5.85. The van der Waals surface area contributed by atoms with Crippen LogP contribution < -0.4 is 10.6 Å². The molecule has 0 fully saturated rings. The molecule has 0 aliphatic heterocycles. The number of amides is 1. The number of nitrogens with one attached hydrogen (secondary N) is 2. The Bertz CT molecular complexity index is 704. The minimum Gasteiger partial charge on any atom is -0.452 e. The van der Waals surface area contributed by atoms with Crippen molar-refractivity contribution in [1.82, 2.24) is 5.32 Å². The highest BCUT2D eigenvalue weighted by Gasteiger charge is 2.32. The molecular formula is C15H16F3N3O5. The van der Waals surface area contributed by atoms with Crippen LogP contribution in [0.5, 0.6) is 0 Å². The summed E-state index contributed by atoms with van der Waals surface area (Å²) in [5, 5.41) is 15.9. The molecule has 0 atom stereocenters. The van der Waals surface area contributed by atoms with Crippen LogP contribution in [0.2, 0.25) is 0 Å². The lowest BCUT2D eigenvalue weighted by Crippen LogP contribution is -2.32. The van der Waals surface area contributed by atoms with Crippen LogP contribution in [0.15, 0.2) is 30.4 Å². The van der Waals surface area contributed by atoms with E-state index in [1.807, 2.05) is 0 Å². The number of ether oxygens (including phenoxy) is 1. The lowest BCUT2D eigenvalue weighted by Gasteiger charge is -2.11. The van der Waals surface area contributed by atoms with E-state index in [1.165, 1.54) is 6.08 Å². The lowest BCUT2D eigenvalue weighted by atomic mass is 10.1. The van der Waals surface area contributed by atoms with Gasteiger partial charge >= 0.3 is 12.1 Å². The molecule has 1 amide bonds. The van der Waals surface area contributed by atoms with Crippen molar-refractivity contribution in [1.29, 1.82) is 0 Å². The van der Waals surface area contributed by atoms with Gasteiger partial charge in [-0.1, -0.05) is 6.08 Å². The fraction of sp³-hybridized carbons (Fsp3) is 0.333. The van der Waals surface area contributed by atoms with E-state index in [9.17, 15) is 32.9 Å². The van der Waals surface area contributed by atoms with Gasteiger partial charge in [0.25, 0.3) is 11.6 Å². The van der Waals surface area contributed by atoms with Crippen molar-refractivity contribution < 1.29 is 32.4 Å². The quantitative estimate of drug-likeness (QED) is 0.237. The van der Waals surface area contributed by atoms with Crippen LogP contribution >= 0.6 is 0 Å². The van der Waals surface area contributed by atoms with Gasteiger partial charge in [-0.05, 0) is 19.1 Å². The Kier molecular flexibility index (Phi) is 7.56. The number of carbonyl (C=O) groups excluding carboxylic acids is 2. The summed E-state index contributed by atoms with van der Waals surface area (Å²) < 4.78 is 42.4. The van der Waals surface area contributed by atoms with Gasteiger partial charge in [0.2, 0.25) is 0 Å². The third kappa shape index (κ3) is 6.79. The van der Waals surface area contributed by atoms with Crippen molar-refractivity contribution >= 4 is 23.3 Å². The van der Waals surface area contributed by atoms with Crippen molar-refractivity contribution in [3.63, 3.8) is 0 Å². The molecule has 1 aromatic rings. The first-order valence-electron chi connectivity index (χ1n) is 7.30. The number of nitrogens with zero attached hydrogens (tertiary/aromatic N) is 1. The summed E-state index contributed by atoms with van der Waals surface area (Å²) in [6, 6.07) is 2.10. The third-order valence-corrected chi connectivity index (χ3v) is 2.93. The van der Waals surface area contributed by atoms with Gasteiger partial charge in [0.1, 0.15) is 5.69 Å². The summed E-state index contributed by atoms with van der Waals surface area (Å²) in [7, 11) is 0. The molecule has 2 N–H and O–H groups in total. The number of hydrogen-bond acceptors (Lipinski definition) is 6. The summed E-state index contributed by atoms with van der Waals surface area (Å²) in [5.41, 5.74) is -1.98. The molecule has 0 aromatic heterocycles. The molecule has 0 saturated heterocycles. The molecule has 0 radical (unpaired) electrons. The van der Waals surface area contributed by atoms with E-state index in [1.54, 1.807) is 6.92 Å². The molecular weight excluding hydrogens is 359 g/mol. The zero-order valence-corrected chi connectivity index (χ0v) is 13.6. The van der Waals surface area contributed by atoms with Crippen LogP contribution in [0, 0.1) is 10.1 Å². The lowest BCUT2D eigenvalue weighted by molar-refractivity contribution is -0.384. The summed E-state index contributed by atoms with van der Waals surface area (Å²) in [6.45, 7) is 1.13. The molecule has 1 rings (SSSR count). The molecule has 0 unspecified atom stereocenters. The van der Waals surface area contributed by atoms with Crippen molar-refractivity contribution in [3.8, 4) is 0 Å². The zero-order chi connectivity index (χ0) is 19.7. The largest absolute Gasteiger partial charge is 0.452 e. The predicted octanol–water partition coefficient (Wildman–Crippen LogP) is 2.26. The van der Waals surface area contributed by atoms with E-state index in [-0.39, 0.29) is 18.8 Å². The first kappa shape index (κ1) is 20.9. The summed E-state index contributed by atoms with van der Waals surface area (Å²) in [4.78, 5) is 32.4. The standard InChI is InChI=1S/C15H16F3N3O5/c1-2-3-14(23)26-9-13(22)20-7-6-19-11-5-4-10(15(16,17)18)8-12(11)21(24)25/h2-5,8,19H,6-7,9H2,1H3,(H,20,22)/b3-2+. The van der Waals surface area contributed by atoms with Crippen LogP contribution in [0.3, 0.4) is 0 Å². The number of carbonyl (C=O) groups is 2. The first-order valence-corrected chi connectivity index (χ1v) is 7.30. The number of halogens is 3. The molecule has 0 bridgehead atoms. The highest BCUT2D eigenvalue weighted by Crippen LogP contribution is 2.34. The Morgan fingerprint density at radius 2 is 2.00 bits per heavy atom. The van der Waals surface area contributed by atoms with Gasteiger partial charge in [-0.25, -0.2) is 4.79 Å².